The van der Waals surface area contributed by atoms with Gasteiger partial charge in [-0.15, -0.1) is 0 Å². The Morgan fingerprint density at radius 3 is 2.93 bits per heavy atom. The number of rotatable bonds is 4. The highest BCUT2D eigenvalue weighted by molar-refractivity contribution is 5.92. The highest BCUT2D eigenvalue weighted by Gasteiger charge is 2.08. The lowest BCUT2D eigenvalue weighted by atomic mass is 10.3. The summed E-state index contributed by atoms with van der Waals surface area (Å²) in [6.07, 6.45) is 1.11. The van der Waals surface area contributed by atoms with Crippen LogP contribution in [0.25, 0.3) is 0 Å². The fourth-order valence-corrected chi connectivity index (χ4v) is 0.809. The van der Waals surface area contributed by atoms with Gasteiger partial charge in [0.25, 0.3) is 0 Å². The van der Waals surface area contributed by atoms with Crippen LogP contribution in [0.2, 0.25) is 0 Å². The van der Waals surface area contributed by atoms with Crippen LogP contribution in [0.1, 0.15) is 10.4 Å². The van der Waals surface area contributed by atoms with Gasteiger partial charge in [0.05, 0.1) is 12.2 Å². The van der Waals surface area contributed by atoms with E-state index in [0.717, 1.165) is 12.3 Å². The van der Waals surface area contributed by atoms with Crippen molar-refractivity contribution in [1.29, 1.82) is 0 Å². The van der Waals surface area contributed by atoms with Crippen molar-refractivity contribution in [3.8, 4) is 5.88 Å². The molecular formula is C8H9FN2O3. The molecule has 0 saturated heterocycles. The van der Waals surface area contributed by atoms with Crippen LogP contribution >= 0.6 is 0 Å². The molecule has 0 bridgehead atoms. The predicted molar refractivity (Wildman–Crippen MR) is 45.3 cm³/mol. The van der Waals surface area contributed by atoms with Crippen molar-refractivity contribution in [2.75, 3.05) is 13.2 Å². The molecule has 1 heterocycles. The predicted octanol–water partition coefficient (Wildman–Crippen LogP) is -0.309. The first kappa shape index (κ1) is 10.4. The lowest BCUT2D eigenvalue weighted by Gasteiger charge is -2.04. The second kappa shape index (κ2) is 4.52. The normalized spacial score (nSPS) is 9.86. The molecule has 5 nitrogen and oxygen atoms in total. The Morgan fingerprint density at radius 1 is 1.71 bits per heavy atom. The Kier molecular flexibility index (Phi) is 3.35. The summed E-state index contributed by atoms with van der Waals surface area (Å²) >= 11 is 0. The minimum atomic E-state index is -0.783. The van der Waals surface area contributed by atoms with Crippen LogP contribution in [0.15, 0.2) is 12.3 Å². The standard InChI is InChI=1S/C8H9FN2O3/c9-6-3-5(7(10)13)4-11-8(6)14-2-1-12/h3-4,12H,1-2H2,(H2,10,13). The van der Waals surface area contributed by atoms with Gasteiger partial charge < -0.3 is 15.6 Å². The molecule has 6 heteroatoms. The molecule has 1 aromatic rings. The van der Waals surface area contributed by atoms with Crippen molar-refractivity contribution in [3.63, 3.8) is 0 Å². The van der Waals surface area contributed by atoms with E-state index in [-0.39, 0.29) is 24.7 Å². The molecule has 0 spiro atoms. The second-order valence-electron chi connectivity index (χ2n) is 2.45. The quantitative estimate of drug-likeness (QED) is 0.698. The van der Waals surface area contributed by atoms with Gasteiger partial charge in [0.1, 0.15) is 6.61 Å². The highest BCUT2D eigenvalue weighted by Crippen LogP contribution is 2.13. The maximum Gasteiger partial charge on any atom is 0.250 e. The van der Waals surface area contributed by atoms with E-state index in [4.69, 9.17) is 15.6 Å². The van der Waals surface area contributed by atoms with E-state index >= 15 is 0 Å². The molecular weight excluding hydrogens is 191 g/mol. The van der Waals surface area contributed by atoms with Gasteiger partial charge >= 0.3 is 0 Å². The average Bonchev–Trinajstić information content (AvgIpc) is 2.15. The summed E-state index contributed by atoms with van der Waals surface area (Å²) in [7, 11) is 0. The number of carbonyl (C=O) groups excluding carboxylic acids is 1. The summed E-state index contributed by atoms with van der Waals surface area (Å²) in [4.78, 5) is 14.1. The molecule has 14 heavy (non-hydrogen) atoms. The summed E-state index contributed by atoms with van der Waals surface area (Å²) in [5.74, 6) is -1.80. The summed E-state index contributed by atoms with van der Waals surface area (Å²) in [6, 6.07) is 0.933. The zero-order valence-corrected chi connectivity index (χ0v) is 7.24. The molecule has 0 aliphatic heterocycles. The van der Waals surface area contributed by atoms with Crippen molar-refractivity contribution in [2.24, 2.45) is 5.73 Å². The molecule has 0 aliphatic rings. The first-order valence-electron chi connectivity index (χ1n) is 3.84. The first-order valence-corrected chi connectivity index (χ1v) is 3.84. The molecule has 0 aliphatic carbocycles. The number of carbonyl (C=O) groups is 1. The van der Waals surface area contributed by atoms with Crippen LogP contribution in [-0.2, 0) is 0 Å². The zero-order chi connectivity index (χ0) is 10.6. The number of amides is 1. The van der Waals surface area contributed by atoms with Crippen LogP contribution < -0.4 is 10.5 Å². The number of aliphatic hydroxyl groups excluding tert-OH is 1. The molecule has 0 aromatic carbocycles. The third-order valence-electron chi connectivity index (χ3n) is 1.42. The monoisotopic (exact) mass is 200 g/mol. The van der Waals surface area contributed by atoms with Gasteiger partial charge in [0.15, 0.2) is 5.82 Å². The number of pyridine rings is 1. The maximum absolute atomic E-state index is 13.1. The van der Waals surface area contributed by atoms with Crippen molar-refractivity contribution in [3.05, 3.63) is 23.6 Å². The molecule has 0 radical (unpaired) electrons. The van der Waals surface area contributed by atoms with Crippen LogP contribution in [0.5, 0.6) is 5.88 Å². The molecule has 0 unspecified atom stereocenters. The van der Waals surface area contributed by atoms with Crippen molar-refractivity contribution < 1.29 is 19.0 Å². The Morgan fingerprint density at radius 2 is 2.43 bits per heavy atom. The average molecular weight is 200 g/mol. The third kappa shape index (κ3) is 2.40. The fraction of sp³-hybridized carbons (Fsp3) is 0.250. The molecule has 0 saturated carbocycles. The van der Waals surface area contributed by atoms with Gasteiger partial charge in [0, 0.05) is 6.20 Å². The topological polar surface area (TPSA) is 85.4 Å². The minimum absolute atomic E-state index is 0.0288. The van der Waals surface area contributed by atoms with Crippen LogP contribution in [0.3, 0.4) is 0 Å². The maximum atomic E-state index is 13.1. The van der Waals surface area contributed by atoms with Gasteiger partial charge in [-0.1, -0.05) is 0 Å². The van der Waals surface area contributed by atoms with Gasteiger partial charge in [0.2, 0.25) is 11.8 Å². The van der Waals surface area contributed by atoms with Crippen LogP contribution in [0, 0.1) is 5.82 Å². The molecule has 1 aromatic heterocycles. The lowest BCUT2D eigenvalue weighted by molar-refractivity contribution is 0.0999. The van der Waals surface area contributed by atoms with E-state index in [2.05, 4.69) is 4.98 Å². The molecule has 1 rings (SSSR count). The Balaban J connectivity index is 2.84. The number of hydrogen-bond acceptors (Lipinski definition) is 4. The van der Waals surface area contributed by atoms with E-state index in [9.17, 15) is 9.18 Å². The number of nitrogens with zero attached hydrogens (tertiary/aromatic N) is 1. The van der Waals surface area contributed by atoms with E-state index < -0.39 is 11.7 Å². The van der Waals surface area contributed by atoms with Crippen molar-refractivity contribution in [1.82, 2.24) is 4.98 Å². The molecule has 3 N–H and O–H groups in total. The van der Waals surface area contributed by atoms with Crippen molar-refractivity contribution >= 4 is 5.91 Å². The largest absolute Gasteiger partial charge is 0.473 e. The number of halogens is 1. The van der Waals surface area contributed by atoms with Gasteiger partial charge in [-0.25, -0.2) is 9.37 Å². The summed E-state index contributed by atoms with van der Waals surface area (Å²) in [5, 5.41) is 8.41. The molecule has 76 valence electrons. The number of hydrogen-bond donors (Lipinski definition) is 2. The number of ether oxygens (including phenoxy) is 1. The number of aliphatic hydroxyl groups is 1. The third-order valence-corrected chi connectivity index (χ3v) is 1.42. The second-order valence-corrected chi connectivity index (χ2v) is 2.45. The lowest BCUT2D eigenvalue weighted by Crippen LogP contribution is -2.12. The van der Waals surface area contributed by atoms with Gasteiger partial charge in [-0.2, -0.15) is 0 Å². The number of nitrogens with two attached hydrogens (primary N) is 1. The first-order chi connectivity index (χ1) is 6.65. The van der Waals surface area contributed by atoms with E-state index in [1.165, 1.54) is 0 Å². The number of primary amides is 1. The zero-order valence-electron chi connectivity index (χ0n) is 7.24. The summed E-state index contributed by atoms with van der Waals surface area (Å²) in [5.41, 5.74) is 4.88. The van der Waals surface area contributed by atoms with Crippen LogP contribution in [-0.4, -0.2) is 29.2 Å². The van der Waals surface area contributed by atoms with Gasteiger partial charge in [-0.05, 0) is 6.07 Å². The summed E-state index contributed by atoms with van der Waals surface area (Å²) < 4.78 is 17.8. The Labute approximate surface area is 79.3 Å². The minimum Gasteiger partial charge on any atom is -0.473 e. The van der Waals surface area contributed by atoms with Gasteiger partial charge in [-0.3, -0.25) is 4.79 Å². The van der Waals surface area contributed by atoms with E-state index in [1.807, 2.05) is 0 Å². The molecule has 0 atom stereocenters. The molecule has 1 amide bonds. The fourth-order valence-electron chi connectivity index (χ4n) is 0.809. The number of aromatic nitrogens is 1. The van der Waals surface area contributed by atoms with Crippen LogP contribution in [0.4, 0.5) is 4.39 Å². The highest BCUT2D eigenvalue weighted by atomic mass is 19.1. The molecule has 0 fully saturated rings. The Bertz CT molecular complexity index is 343. The summed E-state index contributed by atoms with van der Waals surface area (Å²) in [6.45, 7) is -0.293. The van der Waals surface area contributed by atoms with E-state index in [1.54, 1.807) is 0 Å². The Hall–Kier alpha value is -1.69. The SMILES string of the molecule is NC(=O)c1cnc(OCCO)c(F)c1. The van der Waals surface area contributed by atoms with E-state index in [0.29, 0.717) is 0 Å². The smallest absolute Gasteiger partial charge is 0.250 e. The van der Waals surface area contributed by atoms with Crippen molar-refractivity contribution in [2.45, 2.75) is 0 Å².